The Hall–Kier alpha value is -2.18. The second kappa shape index (κ2) is 7.59. The van der Waals surface area contributed by atoms with Crippen LogP contribution in [0.5, 0.6) is 0 Å². The molecule has 0 radical (unpaired) electrons. The molecule has 0 aliphatic heterocycles. The number of nitro groups is 1. The third-order valence-electron chi connectivity index (χ3n) is 4.72. The van der Waals surface area contributed by atoms with Crippen LogP contribution in [0.2, 0.25) is 0 Å². The lowest BCUT2D eigenvalue weighted by Gasteiger charge is -2.36. The standard InChI is InChI=1S/C17H24N2O5/c1-11(2)14-6-4-12(3)8-15(14)24-17(21)10-18-9-13(19(22)23)5-7-16(18)20/h5,7,9,11-12,14-15H,4,6,8,10H2,1-3H3. The smallest absolute Gasteiger partial charge is 0.326 e. The fourth-order valence-corrected chi connectivity index (χ4v) is 3.35. The Balaban J connectivity index is 2.08. The number of hydrogen-bond donors (Lipinski definition) is 0. The van der Waals surface area contributed by atoms with Crippen molar-refractivity contribution in [2.24, 2.45) is 17.8 Å². The summed E-state index contributed by atoms with van der Waals surface area (Å²) in [6.45, 7) is 6.07. The summed E-state index contributed by atoms with van der Waals surface area (Å²) >= 11 is 0. The van der Waals surface area contributed by atoms with Crippen molar-refractivity contribution in [1.82, 2.24) is 4.57 Å². The average Bonchev–Trinajstić information content (AvgIpc) is 2.48. The van der Waals surface area contributed by atoms with E-state index in [1.165, 1.54) is 0 Å². The maximum absolute atomic E-state index is 12.2. The zero-order valence-electron chi connectivity index (χ0n) is 14.3. The highest BCUT2D eigenvalue weighted by Crippen LogP contribution is 2.35. The number of carbonyl (C=O) groups is 1. The molecule has 0 aromatic carbocycles. The zero-order valence-corrected chi connectivity index (χ0v) is 14.3. The summed E-state index contributed by atoms with van der Waals surface area (Å²) in [5, 5.41) is 10.8. The molecule has 3 atom stereocenters. The Morgan fingerprint density at radius 1 is 1.42 bits per heavy atom. The Bertz CT molecular complexity index is 667. The van der Waals surface area contributed by atoms with E-state index in [-0.39, 0.29) is 18.3 Å². The molecule has 0 bridgehead atoms. The summed E-state index contributed by atoms with van der Waals surface area (Å²) in [4.78, 5) is 34.2. The first-order chi connectivity index (χ1) is 11.3. The molecule has 1 saturated carbocycles. The molecule has 0 amide bonds. The van der Waals surface area contributed by atoms with E-state index < -0.39 is 16.5 Å². The summed E-state index contributed by atoms with van der Waals surface area (Å²) in [5.41, 5.74) is -0.691. The van der Waals surface area contributed by atoms with E-state index in [1.807, 2.05) is 0 Å². The van der Waals surface area contributed by atoms with Gasteiger partial charge in [0.25, 0.3) is 11.2 Å². The first-order valence-corrected chi connectivity index (χ1v) is 8.32. The summed E-state index contributed by atoms with van der Waals surface area (Å²) < 4.78 is 6.65. The summed E-state index contributed by atoms with van der Waals surface area (Å²) in [7, 11) is 0. The van der Waals surface area contributed by atoms with Crippen molar-refractivity contribution in [3.63, 3.8) is 0 Å². The fraction of sp³-hybridized carbons (Fsp3) is 0.647. The van der Waals surface area contributed by atoms with Gasteiger partial charge in [-0.1, -0.05) is 27.2 Å². The van der Waals surface area contributed by atoms with E-state index >= 15 is 0 Å². The molecule has 1 fully saturated rings. The van der Waals surface area contributed by atoms with Gasteiger partial charge in [0.15, 0.2) is 0 Å². The lowest BCUT2D eigenvalue weighted by atomic mass is 9.75. The van der Waals surface area contributed by atoms with E-state index in [0.717, 1.165) is 42.2 Å². The van der Waals surface area contributed by atoms with Crippen LogP contribution in [0, 0.1) is 27.9 Å². The fourth-order valence-electron chi connectivity index (χ4n) is 3.35. The second-order valence-corrected chi connectivity index (χ2v) is 6.96. The van der Waals surface area contributed by atoms with Crippen LogP contribution in [0.15, 0.2) is 23.1 Å². The highest BCUT2D eigenvalue weighted by Gasteiger charge is 2.33. The Morgan fingerprint density at radius 3 is 2.75 bits per heavy atom. The molecule has 1 aliphatic rings. The van der Waals surface area contributed by atoms with Gasteiger partial charge in [-0.05, 0) is 30.6 Å². The quantitative estimate of drug-likeness (QED) is 0.468. The Morgan fingerprint density at radius 2 is 2.12 bits per heavy atom. The molecule has 1 aliphatic carbocycles. The summed E-state index contributed by atoms with van der Waals surface area (Å²) in [6.07, 6.45) is 3.89. The van der Waals surface area contributed by atoms with E-state index in [9.17, 15) is 19.7 Å². The number of hydrogen-bond acceptors (Lipinski definition) is 5. The monoisotopic (exact) mass is 336 g/mol. The lowest BCUT2D eigenvalue weighted by molar-refractivity contribution is -0.385. The molecule has 1 aromatic heterocycles. The predicted octanol–water partition coefficient (Wildman–Crippen LogP) is 2.76. The normalized spacial score (nSPS) is 23.9. The Kier molecular flexibility index (Phi) is 5.75. The van der Waals surface area contributed by atoms with E-state index in [0.29, 0.717) is 17.8 Å². The first kappa shape index (κ1) is 18.2. The van der Waals surface area contributed by atoms with Gasteiger partial charge in [-0.25, -0.2) is 0 Å². The highest BCUT2D eigenvalue weighted by atomic mass is 16.6. The van der Waals surface area contributed by atoms with Crippen molar-refractivity contribution in [3.05, 3.63) is 38.8 Å². The van der Waals surface area contributed by atoms with Crippen LogP contribution in [-0.4, -0.2) is 21.6 Å². The van der Waals surface area contributed by atoms with Crippen molar-refractivity contribution >= 4 is 11.7 Å². The van der Waals surface area contributed by atoms with Gasteiger partial charge in [0.2, 0.25) is 0 Å². The molecule has 7 nitrogen and oxygen atoms in total. The largest absolute Gasteiger partial charge is 0.461 e. The van der Waals surface area contributed by atoms with Gasteiger partial charge >= 0.3 is 5.97 Å². The molecular weight excluding hydrogens is 312 g/mol. The molecule has 132 valence electrons. The number of ether oxygens (including phenoxy) is 1. The Labute approximate surface area is 140 Å². The van der Waals surface area contributed by atoms with Gasteiger partial charge in [-0.3, -0.25) is 24.3 Å². The average molecular weight is 336 g/mol. The number of aromatic nitrogens is 1. The van der Waals surface area contributed by atoms with Gasteiger partial charge in [0.05, 0.1) is 11.1 Å². The minimum atomic E-state index is -0.598. The van der Waals surface area contributed by atoms with Crippen molar-refractivity contribution in [2.75, 3.05) is 0 Å². The van der Waals surface area contributed by atoms with Crippen LogP contribution in [0.4, 0.5) is 5.69 Å². The molecule has 7 heteroatoms. The SMILES string of the molecule is CC1CCC(C(C)C)C(OC(=O)Cn2cc([N+](=O)[O-])ccc2=O)C1. The summed E-state index contributed by atoms with van der Waals surface area (Å²) in [6, 6.07) is 2.22. The molecule has 0 saturated heterocycles. The molecule has 1 aromatic rings. The maximum atomic E-state index is 12.2. The molecule has 0 N–H and O–H groups in total. The van der Waals surface area contributed by atoms with Crippen LogP contribution in [0.25, 0.3) is 0 Å². The lowest BCUT2D eigenvalue weighted by Crippen LogP contribution is -2.37. The third-order valence-corrected chi connectivity index (χ3v) is 4.72. The van der Waals surface area contributed by atoms with Gasteiger partial charge in [0, 0.05) is 12.1 Å². The first-order valence-electron chi connectivity index (χ1n) is 8.32. The second-order valence-electron chi connectivity index (χ2n) is 6.96. The molecule has 3 unspecified atom stereocenters. The van der Waals surface area contributed by atoms with Crippen LogP contribution in [0.3, 0.4) is 0 Å². The molecular formula is C17H24N2O5. The van der Waals surface area contributed by atoms with Crippen molar-refractivity contribution < 1.29 is 14.5 Å². The molecule has 0 spiro atoms. The van der Waals surface area contributed by atoms with Crippen molar-refractivity contribution in [2.45, 2.75) is 52.7 Å². The number of esters is 1. The number of pyridine rings is 1. The van der Waals surface area contributed by atoms with Gasteiger partial charge in [0.1, 0.15) is 12.6 Å². The van der Waals surface area contributed by atoms with Gasteiger partial charge < -0.3 is 4.74 Å². The number of nitrogens with zero attached hydrogens (tertiary/aromatic N) is 2. The minimum absolute atomic E-state index is 0.157. The van der Waals surface area contributed by atoms with Gasteiger partial charge in [-0.15, -0.1) is 0 Å². The third kappa shape index (κ3) is 4.43. The van der Waals surface area contributed by atoms with E-state index in [2.05, 4.69) is 20.8 Å². The van der Waals surface area contributed by atoms with Crippen LogP contribution in [-0.2, 0) is 16.1 Å². The van der Waals surface area contributed by atoms with Crippen LogP contribution in [0.1, 0.15) is 40.0 Å². The number of rotatable bonds is 5. The molecule has 2 rings (SSSR count). The highest BCUT2D eigenvalue weighted by molar-refractivity contribution is 5.69. The van der Waals surface area contributed by atoms with Crippen LogP contribution < -0.4 is 5.56 Å². The van der Waals surface area contributed by atoms with Gasteiger partial charge in [-0.2, -0.15) is 0 Å². The minimum Gasteiger partial charge on any atom is -0.461 e. The van der Waals surface area contributed by atoms with Crippen molar-refractivity contribution in [1.29, 1.82) is 0 Å². The maximum Gasteiger partial charge on any atom is 0.326 e. The van der Waals surface area contributed by atoms with Crippen LogP contribution >= 0.6 is 0 Å². The number of carbonyl (C=O) groups excluding carboxylic acids is 1. The molecule has 1 heterocycles. The van der Waals surface area contributed by atoms with E-state index in [1.54, 1.807) is 0 Å². The summed E-state index contributed by atoms with van der Waals surface area (Å²) in [5.74, 6) is 0.698. The predicted molar refractivity (Wildman–Crippen MR) is 88.6 cm³/mol. The molecule has 24 heavy (non-hydrogen) atoms. The topological polar surface area (TPSA) is 91.4 Å². The van der Waals surface area contributed by atoms with Crippen molar-refractivity contribution in [3.8, 4) is 0 Å². The zero-order chi connectivity index (χ0) is 17.9. The van der Waals surface area contributed by atoms with E-state index in [4.69, 9.17) is 4.74 Å².